The van der Waals surface area contributed by atoms with Crippen molar-refractivity contribution in [2.45, 2.75) is 142 Å². The minimum Gasteiger partial charge on any atom is -0.496 e. The molecule has 7 rings (SSSR count). The zero-order valence-electron chi connectivity index (χ0n) is 47.3. The Kier molecular flexibility index (Phi) is 16.6. The number of carbonyl (C=O) groups is 2. The van der Waals surface area contributed by atoms with E-state index in [4.69, 9.17) is 28.4 Å². The molecule has 4 atom stereocenters. The summed E-state index contributed by atoms with van der Waals surface area (Å²) in [5.41, 5.74) is 6.99. The third-order valence-electron chi connectivity index (χ3n) is 14.2. The molecule has 8 bridgehead atoms. The summed E-state index contributed by atoms with van der Waals surface area (Å²) in [5, 5.41) is 32.5. The van der Waals surface area contributed by atoms with Crippen LogP contribution in [0.2, 0.25) is 0 Å². The monoisotopic (exact) mass is 1030 g/mol. The molecule has 0 spiro atoms. The van der Waals surface area contributed by atoms with E-state index in [-0.39, 0.29) is 12.8 Å². The standard InChI is InChI=1S/C64H78N2O10/c1-61(2,3)41-29-37-27-39-31-43(63(7,8)9)36-50(55(39)73-15)58(76-60(70)66-46-25-21-18-22-26-46)52(68)48-34-42(62(4,5)6)30-38(54(48)72-14)28-40-32-44(64(10,11)12)35-49(56(40)74-16)57(51(67)47(33-41)53(37)71-13)75-59(69)65-45-23-19-17-20-24-45/h17-26,29-36,51-52,57-58,67-68H,27-28H2,1-16H3,(H,65,69)(H,66,70). The van der Waals surface area contributed by atoms with Crippen molar-refractivity contribution >= 4 is 23.6 Å². The second-order valence-electron chi connectivity index (χ2n) is 23.9. The molecule has 0 aromatic heterocycles. The van der Waals surface area contributed by atoms with Gasteiger partial charge in [0, 0.05) is 46.5 Å². The van der Waals surface area contributed by atoms with Crippen molar-refractivity contribution in [2.75, 3.05) is 39.1 Å². The second-order valence-corrected chi connectivity index (χ2v) is 23.9. The van der Waals surface area contributed by atoms with Crippen molar-refractivity contribution in [3.63, 3.8) is 0 Å². The third-order valence-corrected chi connectivity index (χ3v) is 14.2. The van der Waals surface area contributed by atoms with Crippen LogP contribution in [0.1, 0.15) is 174 Å². The number of ether oxygens (including phenoxy) is 6. The van der Waals surface area contributed by atoms with Crippen molar-refractivity contribution in [2.24, 2.45) is 0 Å². The average molecular weight is 1040 g/mol. The zero-order chi connectivity index (χ0) is 55.7. The van der Waals surface area contributed by atoms with Gasteiger partial charge in [-0.3, -0.25) is 10.6 Å². The molecule has 404 valence electrons. The van der Waals surface area contributed by atoms with Crippen LogP contribution in [0.25, 0.3) is 0 Å². The van der Waals surface area contributed by atoms with E-state index in [1.807, 2.05) is 60.7 Å². The Labute approximate surface area is 450 Å². The molecule has 0 saturated heterocycles. The zero-order valence-corrected chi connectivity index (χ0v) is 47.3. The topological polar surface area (TPSA) is 154 Å². The fraction of sp³-hybridized carbons (Fsp3) is 0.406. The Bertz CT molecular complexity index is 2840. The van der Waals surface area contributed by atoms with Crippen LogP contribution < -0.4 is 29.6 Å². The van der Waals surface area contributed by atoms with E-state index in [1.54, 1.807) is 52.7 Å². The van der Waals surface area contributed by atoms with Gasteiger partial charge in [-0.25, -0.2) is 9.59 Å². The minimum atomic E-state index is -1.53. The number of methoxy groups -OCH3 is 4. The molecule has 6 aromatic rings. The molecule has 1 aliphatic rings. The van der Waals surface area contributed by atoms with Crippen molar-refractivity contribution in [1.29, 1.82) is 0 Å². The van der Waals surface area contributed by atoms with Gasteiger partial charge in [-0.2, -0.15) is 0 Å². The lowest BCUT2D eigenvalue weighted by atomic mass is 9.78. The van der Waals surface area contributed by atoms with E-state index in [1.165, 1.54) is 0 Å². The van der Waals surface area contributed by atoms with Gasteiger partial charge in [0.05, 0.1) is 28.4 Å². The Morgan fingerprint density at radius 2 is 0.658 bits per heavy atom. The molecule has 4 unspecified atom stereocenters. The van der Waals surface area contributed by atoms with Crippen LogP contribution >= 0.6 is 0 Å². The average Bonchev–Trinajstić information content (AvgIpc) is 3.35. The van der Waals surface area contributed by atoms with Crippen LogP contribution in [0.5, 0.6) is 23.0 Å². The molecule has 2 amide bonds. The Morgan fingerprint density at radius 3 is 0.908 bits per heavy atom. The molecule has 12 heteroatoms. The van der Waals surface area contributed by atoms with Crippen LogP contribution in [0.15, 0.2) is 109 Å². The highest BCUT2D eigenvalue weighted by atomic mass is 16.6. The Hall–Kier alpha value is -7.02. The first-order valence-corrected chi connectivity index (χ1v) is 25.9. The van der Waals surface area contributed by atoms with E-state index >= 15 is 0 Å². The maximum Gasteiger partial charge on any atom is 0.412 e. The number of amides is 2. The van der Waals surface area contributed by atoms with E-state index in [0.29, 0.717) is 78.9 Å². The molecular formula is C64H78N2O10. The van der Waals surface area contributed by atoms with Gasteiger partial charge in [-0.1, -0.05) is 144 Å². The summed E-state index contributed by atoms with van der Waals surface area (Å²) in [5.74, 6) is 1.46. The number of hydrogen-bond acceptors (Lipinski definition) is 10. The van der Waals surface area contributed by atoms with E-state index in [0.717, 1.165) is 22.3 Å². The van der Waals surface area contributed by atoms with Crippen molar-refractivity contribution in [3.05, 3.63) is 176 Å². The summed E-state index contributed by atoms with van der Waals surface area (Å²) in [6.45, 7) is 25.1. The molecule has 0 radical (unpaired) electrons. The van der Waals surface area contributed by atoms with E-state index < -0.39 is 58.3 Å². The number of para-hydroxylation sites is 2. The molecule has 76 heavy (non-hydrogen) atoms. The minimum absolute atomic E-state index is 0.186. The maximum atomic E-state index is 14.4. The fourth-order valence-corrected chi connectivity index (χ4v) is 9.87. The highest BCUT2D eigenvalue weighted by Crippen LogP contribution is 2.50. The number of carbonyl (C=O) groups excluding carboxylic acids is 2. The third kappa shape index (κ3) is 12.5. The van der Waals surface area contributed by atoms with Crippen LogP contribution in [-0.4, -0.2) is 50.8 Å². The quantitative estimate of drug-likeness (QED) is 0.116. The molecule has 0 heterocycles. The molecular weight excluding hydrogens is 957 g/mol. The summed E-state index contributed by atoms with van der Waals surface area (Å²) in [4.78, 5) is 28.7. The molecule has 1 aliphatic carbocycles. The second kappa shape index (κ2) is 22.3. The smallest absolute Gasteiger partial charge is 0.412 e. The molecule has 0 fully saturated rings. The molecule has 4 N–H and O–H groups in total. The number of aliphatic hydroxyl groups is 2. The number of hydrogen-bond donors (Lipinski definition) is 4. The predicted molar refractivity (Wildman–Crippen MR) is 301 cm³/mol. The lowest BCUT2D eigenvalue weighted by Gasteiger charge is -2.33. The van der Waals surface area contributed by atoms with Crippen molar-refractivity contribution < 1.29 is 48.2 Å². The van der Waals surface area contributed by atoms with E-state index in [9.17, 15) is 19.8 Å². The van der Waals surface area contributed by atoms with Gasteiger partial charge in [0.15, 0.2) is 12.2 Å². The van der Waals surface area contributed by atoms with E-state index in [2.05, 4.69) is 118 Å². The SMILES string of the molecule is COc1c2cc(C(C)(C)C)cc1C(O)C(OC(=O)Nc1ccccc1)c1cc(C(C)(C)C)cc(c1OC)Cc1cc(C(C)(C)C)cc(c1OC)C(O)C(OC(=O)Nc1ccccc1)c1cc(C(C)(C)C)cc(c1OC)C2. The number of anilines is 2. The van der Waals surface area contributed by atoms with Gasteiger partial charge in [0.1, 0.15) is 35.2 Å². The summed E-state index contributed by atoms with van der Waals surface area (Å²) in [6.07, 6.45) is -7.03. The van der Waals surface area contributed by atoms with Gasteiger partial charge in [0.2, 0.25) is 0 Å². The lowest BCUT2D eigenvalue weighted by Crippen LogP contribution is -2.25. The summed E-state index contributed by atoms with van der Waals surface area (Å²) in [6, 6.07) is 34.0. The summed E-state index contributed by atoms with van der Waals surface area (Å²) >= 11 is 0. The molecule has 12 nitrogen and oxygen atoms in total. The van der Waals surface area contributed by atoms with Crippen molar-refractivity contribution in [3.8, 4) is 23.0 Å². The van der Waals surface area contributed by atoms with Gasteiger partial charge < -0.3 is 38.6 Å². The fourth-order valence-electron chi connectivity index (χ4n) is 9.87. The van der Waals surface area contributed by atoms with Gasteiger partial charge in [0.25, 0.3) is 0 Å². The summed E-state index contributed by atoms with van der Waals surface area (Å²) < 4.78 is 38.7. The van der Waals surface area contributed by atoms with Gasteiger partial charge in [-0.05, 0) is 115 Å². The van der Waals surface area contributed by atoms with Crippen LogP contribution in [0.4, 0.5) is 21.0 Å². The largest absolute Gasteiger partial charge is 0.496 e. The highest BCUT2D eigenvalue weighted by Gasteiger charge is 2.39. The summed E-state index contributed by atoms with van der Waals surface area (Å²) in [7, 11) is 6.23. The van der Waals surface area contributed by atoms with Gasteiger partial charge in [-0.15, -0.1) is 0 Å². The normalized spacial score (nSPS) is 17.1. The highest BCUT2D eigenvalue weighted by molar-refractivity contribution is 5.85. The lowest BCUT2D eigenvalue weighted by molar-refractivity contribution is 0.00292. The number of benzene rings is 6. The predicted octanol–water partition coefficient (Wildman–Crippen LogP) is 14.5. The van der Waals surface area contributed by atoms with Gasteiger partial charge >= 0.3 is 12.2 Å². The number of nitrogens with one attached hydrogen (secondary N) is 2. The maximum absolute atomic E-state index is 14.4. The Morgan fingerprint density at radius 1 is 0.408 bits per heavy atom. The van der Waals surface area contributed by atoms with Crippen LogP contribution in [0.3, 0.4) is 0 Å². The number of rotatable bonds is 8. The first-order chi connectivity index (χ1) is 35.7. The number of aliphatic hydroxyl groups excluding tert-OH is 2. The number of fused-ring (bicyclic) bond motifs is 8. The Balaban J connectivity index is 1.64. The molecule has 0 saturated carbocycles. The molecule has 0 aliphatic heterocycles. The van der Waals surface area contributed by atoms with Crippen LogP contribution in [0, 0.1) is 0 Å². The van der Waals surface area contributed by atoms with Crippen LogP contribution in [-0.2, 0) is 44.0 Å². The van der Waals surface area contributed by atoms with Crippen molar-refractivity contribution in [1.82, 2.24) is 0 Å². The molecule has 6 aromatic carbocycles. The first-order valence-electron chi connectivity index (χ1n) is 25.9. The first kappa shape index (κ1) is 56.7.